The first-order valence-corrected chi connectivity index (χ1v) is 11.2. The Morgan fingerprint density at radius 3 is 2.43 bits per heavy atom. The number of aryl methyl sites for hydroxylation is 1. The molecule has 7 nitrogen and oxygen atoms in total. The number of carbonyl (C=O) groups is 2. The third-order valence-electron chi connectivity index (χ3n) is 5.79. The molecule has 4 rings (SSSR count). The molecular formula is C27H27FN2O5. The molecular weight excluding hydrogens is 451 g/mol. The fourth-order valence-corrected chi connectivity index (χ4v) is 3.94. The summed E-state index contributed by atoms with van der Waals surface area (Å²) in [5, 5.41) is 2.89. The Bertz CT molecular complexity index is 1230. The molecule has 8 heteroatoms. The second kappa shape index (κ2) is 10.5. The van der Waals surface area contributed by atoms with Crippen LogP contribution in [0.1, 0.15) is 24.5 Å². The summed E-state index contributed by atoms with van der Waals surface area (Å²) >= 11 is 0. The van der Waals surface area contributed by atoms with Gasteiger partial charge in [-0.3, -0.25) is 9.59 Å². The van der Waals surface area contributed by atoms with Gasteiger partial charge < -0.3 is 24.4 Å². The molecule has 1 atom stereocenters. The zero-order valence-electron chi connectivity index (χ0n) is 19.8. The Labute approximate surface area is 203 Å². The fraction of sp³-hybridized carbons (Fsp3) is 0.259. The van der Waals surface area contributed by atoms with E-state index >= 15 is 0 Å². The highest BCUT2D eigenvalue weighted by Crippen LogP contribution is 2.37. The maximum atomic E-state index is 13.3. The molecule has 0 bridgehead atoms. The van der Waals surface area contributed by atoms with E-state index in [1.54, 1.807) is 56.4 Å². The number of fused-ring (bicyclic) bond motifs is 1. The Morgan fingerprint density at radius 1 is 1.00 bits per heavy atom. The van der Waals surface area contributed by atoms with Crippen molar-refractivity contribution in [3.8, 4) is 17.2 Å². The highest BCUT2D eigenvalue weighted by atomic mass is 19.1. The molecule has 0 spiro atoms. The van der Waals surface area contributed by atoms with Crippen molar-refractivity contribution in [1.29, 1.82) is 0 Å². The summed E-state index contributed by atoms with van der Waals surface area (Å²) in [6.07, 6.45) is 0.135. The predicted molar refractivity (Wildman–Crippen MR) is 131 cm³/mol. The predicted octanol–water partition coefficient (Wildman–Crippen LogP) is 4.73. The number of halogens is 1. The third kappa shape index (κ3) is 5.54. The van der Waals surface area contributed by atoms with Gasteiger partial charge in [-0.25, -0.2) is 4.39 Å². The topological polar surface area (TPSA) is 77.1 Å². The molecule has 0 saturated heterocycles. The highest BCUT2D eigenvalue weighted by molar-refractivity contribution is 6.01. The second-order valence-corrected chi connectivity index (χ2v) is 8.23. The molecule has 0 fully saturated rings. The molecule has 1 aliphatic rings. The van der Waals surface area contributed by atoms with Crippen LogP contribution < -0.4 is 24.4 Å². The Kier molecular flexibility index (Phi) is 7.19. The lowest BCUT2D eigenvalue weighted by Crippen LogP contribution is -2.44. The van der Waals surface area contributed by atoms with Crippen molar-refractivity contribution in [3.63, 3.8) is 0 Å². The van der Waals surface area contributed by atoms with Gasteiger partial charge in [0.15, 0.2) is 17.6 Å². The molecule has 0 aromatic heterocycles. The smallest absolute Gasteiger partial charge is 0.268 e. The average Bonchev–Trinajstić information content (AvgIpc) is 2.86. The van der Waals surface area contributed by atoms with Crippen LogP contribution in [0.5, 0.6) is 17.2 Å². The van der Waals surface area contributed by atoms with Crippen LogP contribution >= 0.6 is 0 Å². The van der Waals surface area contributed by atoms with Crippen molar-refractivity contribution in [2.45, 2.75) is 32.4 Å². The number of nitrogens with zero attached hydrogens (tertiary/aromatic N) is 1. The van der Waals surface area contributed by atoms with Crippen molar-refractivity contribution in [2.24, 2.45) is 0 Å². The number of hydrogen-bond donors (Lipinski definition) is 1. The lowest BCUT2D eigenvalue weighted by atomic mass is 10.1. The quantitative estimate of drug-likeness (QED) is 0.507. The third-order valence-corrected chi connectivity index (χ3v) is 5.79. The Morgan fingerprint density at radius 2 is 1.71 bits per heavy atom. The SMILES string of the molecule is COc1ccc(CCC(=O)Nc2ccc3c(c2)N(Cc2ccc(F)cc2)C(=O)C(C)O3)cc1OC. The van der Waals surface area contributed by atoms with Crippen LogP contribution in [0.2, 0.25) is 0 Å². The maximum Gasteiger partial charge on any atom is 0.268 e. The van der Waals surface area contributed by atoms with E-state index in [0.29, 0.717) is 35.0 Å². The minimum Gasteiger partial charge on any atom is -0.493 e. The summed E-state index contributed by atoms with van der Waals surface area (Å²) in [7, 11) is 3.14. The average molecular weight is 479 g/mol. The van der Waals surface area contributed by atoms with Gasteiger partial charge in [-0.05, 0) is 66.9 Å². The number of ether oxygens (including phenoxy) is 3. The van der Waals surface area contributed by atoms with Gasteiger partial charge >= 0.3 is 0 Å². The standard InChI is InChI=1S/C27H27FN2O5/c1-17-27(32)30(16-19-4-8-20(28)9-5-19)22-15-21(10-12-23(22)35-17)29-26(31)13-7-18-6-11-24(33-2)25(14-18)34-3/h4-6,8-12,14-15,17H,7,13,16H2,1-3H3,(H,29,31). The lowest BCUT2D eigenvalue weighted by molar-refractivity contribution is -0.125. The summed E-state index contributed by atoms with van der Waals surface area (Å²) in [5.74, 6) is 1.07. The van der Waals surface area contributed by atoms with Crippen LogP contribution in [-0.2, 0) is 22.6 Å². The van der Waals surface area contributed by atoms with Crippen LogP contribution in [0, 0.1) is 5.82 Å². The lowest BCUT2D eigenvalue weighted by Gasteiger charge is -2.33. The fourth-order valence-electron chi connectivity index (χ4n) is 3.94. The number of anilines is 2. The normalized spacial score (nSPS) is 14.7. The summed E-state index contributed by atoms with van der Waals surface area (Å²) in [6, 6.07) is 16.8. The molecule has 3 aromatic rings. The van der Waals surface area contributed by atoms with Gasteiger partial charge in [-0.1, -0.05) is 18.2 Å². The number of rotatable bonds is 8. The van der Waals surface area contributed by atoms with E-state index in [1.807, 2.05) is 18.2 Å². The number of amides is 2. The largest absolute Gasteiger partial charge is 0.493 e. The van der Waals surface area contributed by atoms with Gasteiger partial charge in [0.05, 0.1) is 26.5 Å². The van der Waals surface area contributed by atoms with Crippen molar-refractivity contribution < 1.29 is 28.2 Å². The number of nitrogens with one attached hydrogen (secondary N) is 1. The second-order valence-electron chi connectivity index (χ2n) is 8.23. The molecule has 182 valence electrons. The first-order chi connectivity index (χ1) is 16.9. The zero-order chi connectivity index (χ0) is 24.9. The van der Waals surface area contributed by atoms with Crippen molar-refractivity contribution in [3.05, 3.63) is 77.6 Å². The van der Waals surface area contributed by atoms with E-state index in [9.17, 15) is 14.0 Å². The van der Waals surface area contributed by atoms with E-state index in [-0.39, 0.29) is 30.6 Å². The van der Waals surface area contributed by atoms with Crippen LogP contribution in [-0.4, -0.2) is 32.1 Å². The molecule has 0 aliphatic carbocycles. The van der Waals surface area contributed by atoms with Gasteiger partial charge in [0, 0.05) is 12.1 Å². The highest BCUT2D eigenvalue weighted by Gasteiger charge is 2.31. The van der Waals surface area contributed by atoms with Crippen molar-refractivity contribution >= 4 is 23.2 Å². The zero-order valence-corrected chi connectivity index (χ0v) is 19.8. The molecule has 3 aromatic carbocycles. The van der Waals surface area contributed by atoms with Crippen LogP contribution in [0.3, 0.4) is 0 Å². The minimum atomic E-state index is -0.648. The van der Waals surface area contributed by atoms with E-state index in [1.165, 1.54) is 12.1 Å². The summed E-state index contributed by atoms with van der Waals surface area (Å²) in [4.78, 5) is 27.1. The van der Waals surface area contributed by atoms with E-state index in [2.05, 4.69) is 5.32 Å². The molecule has 2 amide bonds. The number of benzene rings is 3. The first kappa shape index (κ1) is 24.1. The van der Waals surface area contributed by atoms with E-state index < -0.39 is 6.10 Å². The number of carbonyl (C=O) groups excluding carboxylic acids is 2. The number of methoxy groups -OCH3 is 2. The Balaban J connectivity index is 1.47. The molecule has 1 unspecified atom stereocenters. The van der Waals surface area contributed by atoms with Gasteiger partial charge in [0.1, 0.15) is 11.6 Å². The molecule has 0 saturated carbocycles. The van der Waals surface area contributed by atoms with Crippen molar-refractivity contribution in [1.82, 2.24) is 0 Å². The molecule has 35 heavy (non-hydrogen) atoms. The molecule has 1 aliphatic heterocycles. The minimum absolute atomic E-state index is 0.166. The summed E-state index contributed by atoms with van der Waals surface area (Å²) in [5.41, 5.74) is 2.83. The van der Waals surface area contributed by atoms with E-state index in [4.69, 9.17) is 14.2 Å². The molecule has 1 N–H and O–H groups in total. The van der Waals surface area contributed by atoms with Gasteiger partial charge in [0.25, 0.3) is 5.91 Å². The summed E-state index contributed by atoms with van der Waals surface area (Å²) < 4.78 is 29.6. The van der Waals surface area contributed by atoms with Gasteiger partial charge in [0.2, 0.25) is 5.91 Å². The van der Waals surface area contributed by atoms with Crippen molar-refractivity contribution in [2.75, 3.05) is 24.4 Å². The molecule has 0 radical (unpaired) electrons. The molecule has 1 heterocycles. The Hall–Kier alpha value is -4.07. The number of hydrogen-bond acceptors (Lipinski definition) is 5. The monoisotopic (exact) mass is 478 g/mol. The summed E-state index contributed by atoms with van der Waals surface area (Å²) in [6.45, 7) is 1.95. The maximum absolute atomic E-state index is 13.3. The van der Waals surface area contributed by atoms with Crippen LogP contribution in [0.4, 0.5) is 15.8 Å². The van der Waals surface area contributed by atoms with Crippen LogP contribution in [0.15, 0.2) is 60.7 Å². The van der Waals surface area contributed by atoms with Crippen LogP contribution in [0.25, 0.3) is 0 Å². The van der Waals surface area contributed by atoms with Gasteiger partial charge in [-0.15, -0.1) is 0 Å². The van der Waals surface area contributed by atoms with Gasteiger partial charge in [-0.2, -0.15) is 0 Å². The first-order valence-electron chi connectivity index (χ1n) is 11.2. The van der Waals surface area contributed by atoms with E-state index in [0.717, 1.165) is 11.1 Å².